The highest BCUT2D eigenvalue weighted by Gasteiger charge is 2.10. The van der Waals surface area contributed by atoms with Gasteiger partial charge in [0.05, 0.1) is 9.26 Å². The molecular weight excluding hydrogens is 393 g/mol. The van der Waals surface area contributed by atoms with Crippen LogP contribution in [0.25, 0.3) is 11.4 Å². The number of aryl methyl sites for hydroxylation is 1. The molecule has 0 spiro atoms. The van der Waals surface area contributed by atoms with Crippen LogP contribution >= 0.6 is 22.6 Å². The summed E-state index contributed by atoms with van der Waals surface area (Å²) in [7, 11) is 0. The molecule has 7 heteroatoms. The number of alkyl halides is 2. The van der Waals surface area contributed by atoms with Gasteiger partial charge in [-0.25, -0.2) is 4.98 Å². The molecule has 0 saturated carbocycles. The zero-order valence-corrected chi connectivity index (χ0v) is 13.4. The maximum atomic E-state index is 12.1. The van der Waals surface area contributed by atoms with Crippen molar-refractivity contribution < 1.29 is 13.5 Å². The topological polar surface area (TPSA) is 55.0 Å². The first-order valence-corrected chi connectivity index (χ1v) is 7.43. The van der Waals surface area contributed by atoms with Crippen molar-refractivity contribution in [3.63, 3.8) is 0 Å². The lowest BCUT2D eigenvalue weighted by atomic mass is 10.2. The van der Waals surface area contributed by atoms with Crippen LogP contribution < -0.4 is 10.3 Å². The predicted octanol–water partition coefficient (Wildman–Crippen LogP) is 3.60. The van der Waals surface area contributed by atoms with E-state index in [2.05, 4.69) is 14.7 Å². The van der Waals surface area contributed by atoms with E-state index in [1.165, 1.54) is 12.1 Å². The van der Waals surface area contributed by atoms with E-state index in [1.807, 2.05) is 29.5 Å². The summed E-state index contributed by atoms with van der Waals surface area (Å²) in [5, 5.41) is 0. The molecule has 0 aliphatic rings. The maximum Gasteiger partial charge on any atom is 0.387 e. The average Bonchev–Trinajstić information content (AvgIpc) is 2.44. The summed E-state index contributed by atoms with van der Waals surface area (Å²) in [4.78, 5) is 19.0. The second kappa shape index (κ2) is 6.97. The third-order valence-corrected chi connectivity index (χ3v) is 3.88. The quantitative estimate of drug-likeness (QED) is 0.773. The average molecular weight is 406 g/mol. The summed E-state index contributed by atoms with van der Waals surface area (Å²) < 4.78 is 29.1. The Labute approximate surface area is 133 Å². The molecule has 0 amide bonds. The number of hydrogen-bond donors (Lipinski definition) is 1. The summed E-state index contributed by atoms with van der Waals surface area (Å²) in [6.07, 6.45) is 1.59. The van der Waals surface area contributed by atoms with Crippen LogP contribution in [0.3, 0.4) is 0 Å². The molecule has 1 N–H and O–H groups in total. The number of aromatic amines is 1. The third-order valence-electron chi connectivity index (χ3n) is 2.77. The van der Waals surface area contributed by atoms with Gasteiger partial charge in [-0.3, -0.25) is 4.79 Å². The molecule has 0 aliphatic carbocycles. The van der Waals surface area contributed by atoms with Crippen molar-refractivity contribution in [3.8, 4) is 17.1 Å². The van der Waals surface area contributed by atoms with Gasteiger partial charge >= 0.3 is 6.61 Å². The fraction of sp³-hybridized carbons (Fsp3) is 0.286. The standard InChI is InChI=1S/C14H13F2IN2O2/c1-2-3-10-11(17)13(20)19-12(18-10)8-4-6-9(7-5-8)21-14(15)16/h4-7,14H,2-3H2,1H3,(H,18,19,20). The molecule has 0 unspecified atom stereocenters. The lowest BCUT2D eigenvalue weighted by Gasteiger charge is -2.07. The second-order valence-corrected chi connectivity index (χ2v) is 5.41. The van der Waals surface area contributed by atoms with Gasteiger partial charge in [-0.05, 0) is 53.3 Å². The zero-order chi connectivity index (χ0) is 15.4. The van der Waals surface area contributed by atoms with Gasteiger partial charge in [0.25, 0.3) is 5.56 Å². The maximum absolute atomic E-state index is 12.1. The van der Waals surface area contributed by atoms with Crippen molar-refractivity contribution in [2.24, 2.45) is 0 Å². The molecule has 0 saturated heterocycles. The molecule has 0 bridgehead atoms. The van der Waals surface area contributed by atoms with Crippen LogP contribution in [0.15, 0.2) is 29.1 Å². The van der Waals surface area contributed by atoms with E-state index in [0.717, 1.165) is 12.1 Å². The van der Waals surface area contributed by atoms with Crippen molar-refractivity contribution in [2.75, 3.05) is 0 Å². The first-order chi connectivity index (χ1) is 10.0. The number of H-pyrrole nitrogens is 1. The van der Waals surface area contributed by atoms with Crippen LogP contribution in [-0.4, -0.2) is 16.6 Å². The minimum absolute atomic E-state index is 0.0652. The van der Waals surface area contributed by atoms with Crippen molar-refractivity contribution in [1.29, 1.82) is 0 Å². The number of ether oxygens (including phenoxy) is 1. The van der Waals surface area contributed by atoms with E-state index in [-0.39, 0.29) is 11.3 Å². The highest BCUT2D eigenvalue weighted by atomic mass is 127. The molecule has 1 aromatic carbocycles. The molecule has 0 radical (unpaired) electrons. The van der Waals surface area contributed by atoms with Gasteiger partial charge in [-0.1, -0.05) is 13.3 Å². The SMILES string of the molecule is CCCc1nc(-c2ccc(OC(F)F)cc2)[nH]c(=O)c1I. The first-order valence-electron chi connectivity index (χ1n) is 6.35. The van der Waals surface area contributed by atoms with E-state index in [9.17, 15) is 13.6 Å². The highest BCUT2D eigenvalue weighted by Crippen LogP contribution is 2.21. The Balaban J connectivity index is 2.35. The van der Waals surface area contributed by atoms with Gasteiger partial charge in [-0.15, -0.1) is 0 Å². The first kappa shape index (κ1) is 15.9. The minimum Gasteiger partial charge on any atom is -0.435 e. The van der Waals surface area contributed by atoms with Gasteiger partial charge in [-0.2, -0.15) is 8.78 Å². The Morgan fingerprint density at radius 1 is 1.33 bits per heavy atom. The molecule has 112 valence electrons. The number of nitrogens with one attached hydrogen (secondary N) is 1. The van der Waals surface area contributed by atoms with Gasteiger partial charge in [0.15, 0.2) is 0 Å². The van der Waals surface area contributed by atoms with Gasteiger partial charge < -0.3 is 9.72 Å². The van der Waals surface area contributed by atoms with Gasteiger partial charge in [0.1, 0.15) is 11.6 Å². The Kier molecular flexibility index (Phi) is 5.27. The largest absolute Gasteiger partial charge is 0.435 e. The van der Waals surface area contributed by atoms with E-state index >= 15 is 0 Å². The van der Waals surface area contributed by atoms with Crippen molar-refractivity contribution in [3.05, 3.63) is 43.9 Å². The van der Waals surface area contributed by atoms with E-state index < -0.39 is 6.61 Å². The van der Waals surface area contributed by atoms with Crippen LogP contribution in [0.5, 0.6) is 5.75 Å². The number of rotatable bonds is 5. The van der Waals surface area contributed by atoms with Gasteiger partial charge in [0.2, 0.25) is 0 Å². The predicted molar refractivity (Wildman–Crippen MR) is 83.6 cm³/mol. The van der Waals surface area contributed by atoms with E-state index in [0.29, 0.717) is 21.4 Å². The van der Waals surface area contributed by atoms with Crippen molar-refractivity contribution in [2.45, 2.75) is 26.4 Å². The number of benzene rings is 1. The Morgan fingerprint density at radius 2 is 2.00 bits per heavy atom. The number of nitrogens with zero attached hydrogens (tertiary/aromatic N) is 1. The lowest BCUT2D eigenvalue weighted by molar-refractivity contribution is -0.0498. The third kappa shape index (κ3) is 3.99. The van der Waals surface area contributed by atoms with Crippen LogP contribution in [0.1, 0.15) is 19.0 Å². The molecule has 2 aromatic rings. The Morgan fingerprint density at radius 3 is 2.57 bits per heavy atom. The number of halogens is 3. The molecule has 0 fully saturated rings. The van der Waals surface area contributed by atoms with Crippen LogP contribution in [-0.2, 0) is 6.42 Å². The minimum atomic E-state index is -2.86. The molecule has 2 rings (SSSR count). The molecule has 0 aliphatic heterocycles. The smallest absolute Gasteiger partial charge is 0.387 e. The fourth-order valence-corrected chi connectivity index (χ4v) is 2.36. The zero-order valence-electron chi connectivity index (χ0n) is 11.2. The highest BCUT2D eigenvalue weighted by molar-refractivity contribution is 14.1. The molecule has 0 atom stereocenters. The lowest BCUT2D eigenvalue weighted by Crippen LogP contribution is -2.16. The number of hydrogen-bond acceptors (Lipinski definition) is 3. The second-order valence-electron chi connectivity index (χ2n) is 4.33. The summed E-state index contributed by atoms with van der Waals surface area (Å²) in [6, 6.07) is 6.00. The van der Waals surface area contributed by atoms with Crippen molar-refractivity contribution >= 4 is 22.6 Å². The van der Waals surface area contributed by atoms with Crippen LogP contribution in [0.4, 0.5) is 8.78 Å². The number of aromatic nitrogens is 2. The summed E-state index contributed by atoms with van der Waals surface area (Å²) in [5.41, 5.74) is 1.18. The summed E-state index contributed by atoms with van der Waals surface area (Å²) in [5.74, 6) is 0.489. The molecular formula is C14H13F2IN2O2. The summed E-state index contributed by atoms with van der Waals surface area (Å²) in [6.45, 7) is -0.849. The van der Waals surface area contributed by atoms with E-state index in [4.69, 9.17) is 0 Å². The monoisotopic (exact) mass is 406 g/mol. The van der Waals surface area contributed by atoms with Crippen LogP contribution in [0, 0.1) is 3.57 Å². The fourth-order valence-electron chi connectivity index (χ4n) is 1.84. The molecule has 21 heavy (non-hydrogen) atoms. The van der Waals surface area contributed by atoms with E-state index in [1.54, 1.807) is 12.1 Å². The van der Waals surface area contributed by atoms with Crippen LogP contribution in [0.2, 0.25) is 0 Å². The normalized spacial score (nSPS) is 10.9. The van der Waals surface area contributed by atoms with Crippen molar-refractivity contribution in [1.82, 2.24) is 9.97 Å². The molecule has 1 heterocycles. The molecule has 1 aromatic heterocycles. The molecule has 4 nitrogen and oxygen atoms in total. The Hall–Kier alpha value is -1.51. The van der Waals surface area contributed by atoms with Gasteiger partial charge in [0, 0.05) is 5.56 Å². The summed E-state index contributed by atoms with van der Waals surface area (Å²) >= 11 is 1.97. The Bertz CT molecular complexity index is 672.